The molecule has 0 radical (unpaired) electrons. The van der Waals surface area contributed by atoms with Gasteiger partial charge in [0.05, 0.1) is 13.2 Å². The lowest BCUT2D eigenvalue weighted by molar-refractivity contribution is -0.0401. The van der Waals surface area contributed by atoms with Crippen LogP contribution in [0.4, 0.5) is 4.39 Å². The van der Waals surface area contributed by atoms with Gasteiger partial charge < -0.3 is 14.4 Å². The molecule has 2 aromatic rings. The van der Waals surface area contributed by atoms with Crippen LogP contribution in [-0.4, -0.2) is 43.2 Å². The molecule has 0 saturated carbocycles. The van der Waals surface area contributed by atoms with E-state index in [1.54, 1.807) is 17.0 Å². The number of hydrogen-bond donors (Lipinski definition) is 0. The average molecular weight is 315 g/mol. The van der Waals surface area contributed by atoms with Crippen LogP contribution in [0, 0.1) is 5.82 Å². The number of hydrogen-bond acceptors (Lipinski definition) is 3. The van der Waals surface area contributed by atoms with E-state index in [1.807, 2.05) is 30.3 Å². The van der Waals surface area contributed by atoms with E-state index in [-0.39, 0.29) is 12.0 Å². The molecule has 0 N–H and O–H groups in total. The van der Waals surface area contributed by atoms with Crippen molar-refractivity contribution in [2.45, 2.75) is 6.10 Å². The minimum atomic E-state index is -0.409. The third-order valence-electron chi connectivity index (χ3n) is 3.68. The first kappa shape index (κ1) is 15.5. The van der Waals surface area contributed by atoms with E-state index in [1.165, 1.54) is 12.1 Å². The molecule has 1 atom stereocenters. The van der Waals surface area contributed by atoms with Crippen molar-refractivity contribution in [2.75, 3.05) is 26.3 Å². The number of benzene rings is 2. The van der Waals surface area contributed by atoms with Crippen molar-refractivity contribution in [2.24, 2.45) is 0 Å². The smallest absolute Gasteiger partial charge is 0.254 e. The Bertz CT molecular complexity index is 662. The van der Waals surface area contributed by atoms with E-state index >= 15 is 0 Å². The first-order chi connectivity index (χ1) is 11.2. The van der Waals surface area contributed by atoms with Gasteiger partial charge in [0.2, 0.25) is 0 Å². The number of carbonyl (C=O) groups is 1. The van der Waals surface area contributed by atoms with Gasteiger partial charge in [-0.15, -0.1) is 0 Å². The summed E-state index contributed by atoms with van der Waals surface area (Å²) in [7, 11) is 0. The van der Waals surface area contributed by atoms with Gasteiger partial charge in [-0.05, 0) is 30.3 Å². The van der Waals surface area contributed by atoms with Gasteiger partial charge >= 0.3 is 0 Å². The van der Waals surface area contributed by atoms with Gasteiger partial charge in [0.15, 0.2) is 0 Å². The predicted octanol–water partition coefficient (Wildman–Crippen LogP) is 2.75. The van der Waals surface area contributed by atoms with E-state index < -0.39 is 5.82 Å². The molecule has 1 aliphatic rings. The zero-order chi connectivity index (χ0) is 16.1. The maximum Gasteiger partial charge on any atom is 0.254 e. The third-order valence-corrected chi connectivity index (χ3v) is 3.68. The van der Waals surface area contributed by atoms with Gasteiger partial charge in [0, 0.05) is 12.1 Å². The van der Waals surface area contributed by atoms with Crippen LogP contribution in [0.25, 0.3) is 0 Å². The number of halogens is 1. The third kappa shape index (κ3) is 4.07. The minimum absolute atomic E-state index is 0.183. The van der Waals surface area contributed by atoms with E-state index in [2.05, 4.69) is 0 Å². The molecular weight excluding hydrogens is 297 g/mol. The summed E-state index contributed by atoms with van der Waals surface area (Å²) >= 11 is 0. The van der Waals surface area contributed by atoms with Crippen LogP contribution in [0.3, 0.4) is 0 Å². The topological polar surface area (TPSA) is 38.8 Å². The Hall–Kier alpha value is -2.40. The van der Waals surface area contributed by atoms with Gasteiger partial charge in [0.25, 0.3) is 5.91 Å². The van der Waals surface area contributed by atoms with Crippen LogP contribution in [0.1, 0.15) is 10.4 Å². The second-order valence-corrected chi connectivity index (χ2v) is 5.38. The molecular formula is C18H18FNO3. The molecule has 1 amide bonds. The van der Waals surface area contributed by atoms with Gasteiger partial charge in [-0.2, -0.15) is 0 Å². The zero-order valence-corrected chi connectivity index (χ0v) is 12.7. The Balaban J connectivity index is 1.58. The van der Waals surface area contributed by atoms with E-state index in [0.29, 0.717) is 31.9 Å². The molecule has 0 aliphatic carbocycles. The molecule has 0 bridgehead atoms. The second-order valence-electron chi connectivity index (χ2n) is 5.38. The van der Waals surface area contributed by atoms with Crippen molar-refractivity contribution in [1.82, 2.24) is 4.90 Å². The monoisotopic (exact) mass is 315 g/mol. The minimum Gasteiger partial charge on any atom is -0.491 e. The normalized spacial score (nSPS) is 17.8. The number of nitrogens with zero attached hydrogens (tertiary/aromatic N) is 1. The van der Waals surface area contributed by atoms with Crippen molar-refractivity contribution in [1.29, 1.82) is 0 Å². The summed E-state index contributed by atoms with van der Waals surface area (Å²) < 4.78 is 24.6. The number of morpholine rings is 1. The number of ether oxygens (including phenoxy) is 2. The molecule has 3 rings (SSSR count). The lowest BCUT2D eigenvalue weighted by Crippen LogP contribution is -2.47. The lowest BCUT2D eigenvalue weighted by atomic mass is 10.1. The highest BCUT2D eigenvalue weighted by molar-refractivity contribution is 5.94. The van der Waals surface area contributed by atoms with Gasteiger partial charge in [-0.3, -0.25) is 4.79 Å². The summed E-state index contributed by atoms with van der Waals surface area (Å²) in [6, 6.07) is 15.2. The average Bonchev–Trinajstić information content (AvgIpc) is 2.60. The number of rotatable bonds is 4. The number of amides is 1. The highest BCUT2D eigenvalue weighted by atomic mass is 19.1. The fraction of sp³-hybridized carbons (Fsp3) is 0.278. The van der Waals surface area contributed by atoms with Crippen molar-refractivity contribution >= 4 is 5.91 Å². The molecule has 1 saturated heterocycles. The van der Waals surface area contributed by atoms with Crippen LogP contribution in [0.15, 0.2) is 54.6 Å². The molecule has 1 fully saturated rings. The van der Waals surface area contributed by atoms with E-state index in [9.17, 15) is 9.18 Å². The molecule has 23 heavy (non-hydrogen) atoms. The highest BCUT2D eigenvalue weighted by Crippen LogP contribution is 2.14. The summed E-state index contributed by atoms with van der Waals surface area (Å²) in [5, 5.41) is 0. The Morgan fingerprint density at radius 3 is 2.83 bits per heavy atom. The maximum absolute atomic E-state index is 13.3. The molecule has 1 aliphatic heterocycles. The summed E-state index contributed by atoms with van der Waals surface area (Å²) in [5.41, 5.74) is 0.356. The Labute approximate surface area is 134 Å². The molecule has 1 heterocycles. The summed E-state index contributed by atoms with van der Waals surface area (Å²) in [5.74, 6) is 0.176. The molecule has 4 nitrogen and oxygen atoms in total. The van der Waals surface area contributed by atoms with Crippen molar-refractivity contribution in [3.05, 3.63) is 66.0 Å². The van der Waals surface area contributed by atoms with Crippen molar-refractivity contribution in [3.8, 4) is 5.75 Å². The van der Waals surface area contributed by atoms with Gasteiger partial charge in [0.1, 0.15) is 24.3 Å². The fourth-order valence-corrected chi connectivity index (χ4v) is 2.51. The maximum atomic E-state index is 13.3. The molecule has 0 aromatic heterocycles. The van der Waals surface area contributed by atoms with Crippen LogP contribution in [0.2, 0.25) is 0 Å². The number of para-hydroxylation sites is 1. The first-order valence-electron chi connectivity index (χ1n) is 7.56. The molecule has 0 unspecified atom stereocenters. The zero-order valence-electron chi connectivity index (χ0n) is 12.7. The number of carbonyl (C=O) groups excluding carboxylic acids is 1. The van der Waals surface area contributed by atoms with Crippen molar-refractivity contribution in [3.63, 3.8) is 0 Å². The summed E-state index contributed by atoms with van der Waals surface area (Å²) in [6.45, 7) is 1.75. The van der Waals surface area contributed by atoms with E-state index in [0.717, 1.165) is 5.75 Å². The fourth-order valence-electron chi connectivity index (χ4n) is 2.51. The second kappa shape index (κ2) is 7.24. The van der Waals surface area contributed by atoms with Gasteiger partial charge in [-0.25, -0.2) is 4.39 Å². The Morgan fingerprint density at radius 2 is 2.04 bits per heavy atom. The quantitative estimate of drug-likeness (QED) is 0.871. The van der Waals surface area contributed by atoms with Gasteiger partial charge in [-0.1, -0.05) is 24.3 Å². The van der Waals surface area contributed by atoms with Crippen LogP contribution in [0.5, 0.6) is 5.75 Å². The summed E-state index contributed by atoms with van der Waals surface area (Å²) in [6.07, 6.45) is -0.193. The predicted molar refractivity (Wildman–Crippen MR) is 84.0 cm³/mol. The SMILES string of the molecule is O=C(c1cccc(F)c1)N1CCO[C@@H](COc2ccccc2)C1. The lowest BCUT2D eigenvalue weighted by Gasteiger charge is -2.32. The summed E-state index contributed by atoms with van der Waals surface area (Å²) in [4.78, 5) is 14.1. The molecule has 5 heteroatoms. The molecule has 120 valence electrons. The van der Waals surface area contributed by atoms with Crippen LogP contribution < -0.4 is 4.74 Å². The largest absolute Gasteiger partial charge is 0.491 e. The standard InChI is InChI=1S/C18H18FNO3/c19-15-6-4-5-14(11-15)18(21)20-9-10-22-17(12-20)13-23-16-7-2-1-3-8-16/h1-8,11,17H,9-10,12-13H2/t17-/m1/s1. The van der Waals surface area contributed by atoms with Crippen LogP contribution >= 0.6 is 0 Å². The molecule has 2 aromatic carbocycles. The Morgan fingerprint density at radius 1 is 1.22 bits per heavy atom. The first-order valence-corrected chi connectivity index (χ1v) is 7.56. The van der Waals surface area contributed by atoms with Crippen molar-refractivity contribution < 1.29 is 18.7 Å². The van der Waals surface area contributed by atoms with E-state index in [4.69, 9.17) is 9.47 Å². The molecule has 0 spiro atoms. The van der Waals surface area contributed by atoms with Crippen LogP contribution in [-0.2, 0) is 4.74 Å². The highest BCUT2D eigenvalue weighted by Gasteiger charge is 2.25. The Kier molecular flexibility index (Phi) is 4.88.